The minimum absolute atomic E-state index is 0.0392. The zero-order valence-electron chi connectivity index (χ0n) is 22.6. The van der Waals surface area contributed by atoms with Crippen molar-refractivity contribution in [3.8, 4) is 5.75 Å². The maximum Gasteiger partial charge on any atom is 0.261 e. The van der Waals surface area contributed by atoms with E-state index in [2.05, 4.69) is 18.6 Å². The second-order valence-corrected chi connectivity index (χ2v) is 11.5. The Morgan fingerprint density at radius 1 is 0.973 bits per heavy atom. The fourth-order valence-corrected chi connectivity index (χ4v) is 5.12. The summed E-state index contributed by atoms with van der Waals surface area (Å²) in [6.07, 6.45) is 0. The molecule has 0 saturated heterocycles. The van der Waals surface area contributed by atoms with Gasteiger partial charge in [0.15, 0.2) is 0 Å². The van der Waals surface area contributed by atoms with E-state index in [9.17, 15) is 13.2 Å². The Labute approximate surface area is 221 Å². The van der Waals surface area contributed by atoms with E-state index in [1.807, 2.05) is 68.1 Å². The number of carbonyl (C=O) groups excluding carboxylic acids is 1. The van der Waals surface area contributed by atoms with Crippen molar-refractivity contribution in [1.82, 2.24) is 4.90 Å². The van der Waals surface area contributed by atoms with Gasteiger partial charge >= 0.3 is 0 Å². The van der Waals surface area contributed by atoms with Crippen molar-refractivity contribution in [3.63, 3.8) is 0 Å². The molecule has 0 aliphatic carbocycles. The normalized spacial score (nSPS) is 12.2. The van der Waals surface area contributed by atoms with Crippen LogP contribution in [0.3, 0.4) is 0 Å². The van der Waals surface area contributed by atoms with Crippen LogP contribution in [-0.4, -0.2) is 46.5 Å². The van der Waals surface area contributed by atoms with E-state index < -0.39 is 10.0 Å². The second kappa shape index (κ2) is 11.7. The number of aryl methyl sites for hydroxylation is 1. The lowest BCUT2D eigenvalue weighted by Crippen LogP contribution is -2.41. The first-order valence-corrected chi connectivity index (χ1v) is 13.8. The zero-order valence-corrected chi connectivity index (χ0v) is 23.5. The topological polar surface area (TPSA) is 79.0 Å². The van der Waals surface area contributed by atoms with E-state index in [1.54, 1.807) is 24.3 Å². The van der Waals surface area contributed by atoms with Crippen LogP contribution in [0.5, 0.6) is 5.75 Å². The minimum atomic E-state index is -3.81. The maximum atomic E-state index is 13.7. The van der Waals surface area contributed by atoms with Crippen LogP contribution in [-0.2, 0) is 16.6 Å². The predicted octanol–water partition coefficient (Wildman–Crippen LogP) is 5.56. The third-order valence-electron chi connectivity index (χ3n) is 6.51. The van der Waals surface area contributed by atoms with Crippen molar-refractivity contribution in [2.24, 2.45) is 5.92 Å². The lowest BCUT2D eigenvalue weighted by Gasteiger charge is -2.33. The Kier molecular flexibility index (Phi) is 8.86. The summed E-state index contributed by atoms with van der Waals surface area (Å²) in [5.74, 6) is 0.751. The molecule has 198 valence electrons. The quantitative estimate of drug-likeness (QED) is 0.377. The lowest BCUT2D eigenvalue weighted by molar-refractivity contribution is 0.0628. The first-order valence-electron chi connectivity index (χ1n) is 12.3. The Balaban J connectivity index is 1.98. The van der Waals surface area contributed by atoms with E-state index in [4.69, 9.17) is 4.74 Å². The molecule has 1 atom stereocenters. The molecule has 0 radical (unpaired) electrons. The van der Waals surface area contributed by atoms with Crippen molar-refractivity contribution in [1.29, 1.82) is 0 Å². The number of methoxy groups -OCH3 is 1. The van der Waals surface area contributed by atoms with Crippen LogP contribution in [0, 0.1) is 12.8 Å². The van der Waals surface area contributed by atoms with Gasteiger partial charge in [-0.3, -0.25) is 9.52 Å². The number of nitrogens with one attached hydrogen (secondary N) is 1. The number of amides is 1. The molecule has 1 amide bonds. The third-order valence-corrected chi connectivity index (χ3v) is 7.90. The molecular weight excluding hydrogens is 486 g/mol. The van der Waals surface area contributed by atoms with Crippen molar-refractivity contribution >= 4 is 27.3 Å². The fraction of sp³-hybridized carbons (Fsp3) is 0.345. The highest BCUT2D eigenvalue weighted by atomic mass is 32.2. The molecule has 0 aliphatic rings. The molecule has 0 heterocycles. The third kappa shape index (κ3) is 6.83. The van der Waals surface area contributed by atoms with Crippen LogP contribution < -0.4 is 14.4 Å². The highest BCUT2D eigenvalue weighted by Crippen LogP contribution is 2.29. The van der Waals surface area contributed by atoms with Crippen molar-refractivity contribution < 1.29 is 17.9 Å². The van der Waals surface area contributed by atoms with Crippen molar-refractivity contribution in [3.05, 3.63) is 83.4 Å². The smallest absolute Gasteiger partial charge is 0.261 e. The molecule has 3 aromatic carbocycles. The summed E-state index contributed by atoms with van der Waals surface area (Å²) >= 11 is 0. The Bertz CT molecular complexity index is 1340. The van der Waals surface area contributed by atoms with Crippen LogP contribution in [0.15, 0.2) is 71.6 Å². The average molecular weight is 524 g/mol. The largest absolute Gasteiger partial charge is 0.497 e. The van der Waals surface area contributed by atoms with E-state index in [0.717, 1.165) is 16.8 Å². The van der Waals surface area contributed by atoms with E-state index in [1.165, 1.54) is 19.2 Å². The first-order chi connectivity index (χ1) is 17.4. The van der Waals surface area contributed by atoms with Crippen LogP contribution >= 0.6 is 0 Å². The number of benzene rings is 3. The molecule has 0 aliphatic heterocycles. The zero-order chi connectivity index (χ0) is 27.3. The molecule has 3 rings (SSSR count). The Morgan fingerprint density at radius 2 is 1.65 bits per heavy atom. The SMILES string of the molecule is COc1ccc(S(=O)(=O)Nc2ccc(N(C)C)c(CN(C(=O)c3cccc(C)c3)[C@@H](C)C(C)C)c2)cc1. The van der Waals surface area contributed by atoms with E-state index >= 15 is 0 Å². The summed E-state index contributed by atoms with van der Waals surface area (Å²) in [5.41, 5.74) is 3.83. The molecule has 0 aromatic heterocycles. The van der Waals surface area contributed by atoms with Gasteiger partial charge in [0.1, 0.15) is 5.75 Å². The highest BCUT2D eigenvalue weighted by molar-refractivity contribution is 7.92. The number of carbonyl (C=O) groups is 1. The molecule has 37 heavy (non-hydrogen) atoms. The molecule has 8 heteroatoms. The van der Waals surface area contributed by atoms with Crippen molar-refractivity contribution in [2.45, 2.75) is 45.2 Å². The summed E-state index contributed by atoms with van der Waals surface area (Å²) in [4.78, 5) is 17.6. The van der Waals surface area contributed by atoms with Gasteiger partial charge in [-0.05, 0) is 79.9 Å². The molecule has 0 spiro atoms. The average Bonchev–Trinajstić information content (AvgIpc) is 2.86. The number of hydrogen-bond acceptors (Lipinski definition) is 5. The van der Waals surface area contributed by atoms with Crippen LogP contribution in [0.4, 0.5) is 11.4 Å². The van der Waals surface area contributed by atoms with Gasteiger partial charge in [-0.25, -0.2) is 8.42 Å². The number of nitrogens with zero attached hydrogens (tertiary/aromatic N) is 2. The number of ether oxygens (including phenoxy) is 1. The van der Waals surface area contributed by atoms with Crippen LogP contribution in [0.25, 0.3) is 0 Å². The molecule has 0 unspecified atom stereocenters. The first kappa shape index (κ1) is 28.1. The summed E-state index contributed by atoms with van der Waals surface area (Å²) in [6.45, 7) is 8.53. The Hall–Kier alpha value is -3.52. The standard InChI is InChI=1S/C29H37N3O4S/c1-20(2)22(4)32(29(33)23-10-8-9-21(3)17-23)19-24-18-25(11-16-28(24)31(5)6)30-37(34,35)27-14-12-26(36-7)13-15-27/h8-18,20,22,30H,19H2,1-7H3/t22-/m0/s1. The number of rotatable bonds is 10. The van der Waals surface area contributed by atoms with Gasteiger partial charge in [-0.1, -0.05) is 31.5 Å². The highest BCUT2D eigenvalue weighted by Gasteiger charge is 2.26. The van der Waals surface area contributed by atoms with Gasteiger partial charge in [0, 0.05) is 43.6 Å². The van der Waals surface area contributed by atoms with Crippen LogP contribution in [0.2, 0.25) is 0 Å². The molecule has 0 fully saturated rings. The van der Waals surface area contributed by atoms with Gasteiger partial charge < -0.3 is 14.5 Å². The fourth-order valence-electron chi connectivity index (χ4n) is 4.07. The molecular formula is C29H37N3O4S. The molecule has 0 bridgehead atoms. The lowest BCUT2D eigenvalue weighted by atomic mass is 10.0. The van der Waals surface area contributed by atoms with Gasteiger partial charge in [0.25, 0.3) is 15.9 Å². The van der Waals surface area contributed by atoms with Crippen LogP contribution in [0.1, 0.15) is 42.3 Å². The Morgan fingerprint density at radius 3 is 2.22 bits per heavy atom. The molecule has 7 nitrogen and oxygen atoms in total. The molecule has 3 aromatic rings. The minimum Gasteiger partial charge on any atom is -0.497 e. The monoisotopic (exact) mass is 523 g/mol. The van der Waals surface area contributed by atoms with Crippen molar-refractivity contribution in [2.75, 3.05) is 30.8 Å². The molecule has 1 N–H and O–H groups in total. The number of hydrogen-bond donors (Lipinski definition) is 1. The number of anilines is 2. The second-order valence-electron chi connectivity index (χ2n) is 9.81. The van der Waals surface area contributed by atoms with Gasteiger partial charge in [0.2, 0.25) is 0 Å². The summed E-state index contributed by atoms with van der Waals surface area (Å²) in [5, 5.41) is 0. The van der Waals surface area contributed by atoms with E-state index in [-0.39, 0.29) is 22.8 Å². The summed E-state index contributed by atoms with van der Waals surface area (Å²) in [7, 11) is 1.58. The number of sulfonamides is 1. The summed E-state index contributed by atoms with van der Waals surface area (Å²) < 4.78 is 33.9. The molecule has 0 saturated carbocycles. The predicted molar refractivity (Wildman–Crippen MR) is 150 cm³/mol. The summed E-state index contributed by atoms with van der Waals surface area (Å²) in [6, 6.07) is 19.2. The van der Waals surface area contributed by atoms with Gasteiger partial charge in [-0.15, -0.1) is 0 Å². The van der Waals surface area contributed by atoms with E-state index in [0.29, 0.717) is 23.5 Å². The van der Waals surface area contributed by atoms with Gasteiger partial charge in [-0.2, -0.15) is 0 Å². The maximum absolute atomic E-state index is 13.7. The van der Waals surface area contributed by atoms with Gasteiger partial charge in [0.05, 0.1) is 12.0 Å².